The quantitative estimate of drug-likeness (QED) is 0.556. The minimum Gasteiger partial charge on any atom is -0.409 e. The molecule has 1 aliphatic rings. The molecule has 0 aromatic heterocycles. The fourth-order valence-corrected chi connectivity index (χ4v) is 2.65. The minimum atomic E-state index is -0.0387. The minimum absolute atomic E-state index is 0.0387. The zero-order chi connectivity index (χ0) is 15.6. The van der Waals surface area contributed by atoms with Crippen LogP contribution in [0.4, 0.5) is 0 Å². The summed E-state index contributed by atoms with van der Waals surface area (Å²) in [5, 5.41) is 8.95. The molecule has 1 heterocycles. The molecule has 0 radical (unpaired) electrons. The van der Waals surface area contributed by atoms with Crippen LogP contribution in [0.3, 0.4) is 0 Å². The van der Waals surface area contributed by atoms with Crippen molar-refractivity contribution < 1.29 is 18.8 Å². The Kier molecular flexibility index (Phi) is 8.04. The monoisotopic (exact) mass is 327 g/mol. The number of hydrogen-bond acceptors (Lipinski definition) is 6. The van der Waals surface area contributed by atoms with Crippen molar-refractivity contribution in [1.29, 1.82) is 0 Å². The molecule has 22 heavy (non-hydrogen) atoms. The molecule has 1 unspecified atom stereocenters. The number of nitrogens with zero attached hydrogens (tertiary/aromatic N) is 1. The predicted molar refractivity (Wildman–Crippen MR) is 87.6 cm³/mol. The molecule has 1 saturated heterocycles. The smallest absolute Gasteiger partial charge is 0.157 e. The van der Waals surface area contributed by atoms with Gasteiger partial charge < -0.3 is 18.8 Å². The van der Waals surface area contributed by atoms with Gasteiger partial charge >= 0.3 is 0 Å². The fraction of sp³-hybridized carbons (Fsp3) is 0.625. The van der Waals surface area contributed by atoms with Crippen LogP contribution in [-0.4, -0.2) is 49.1 Å². The molecule has 1 fully saturated rings. The van der Waals surface area contributed by atoms with Crippen LogP contribution >= 0.6 is 12.2 Å². The maximum absolute atomic E-state index is 8.95. The highest BCUT2D eigenvalue weighted by molar-refractivity contribution is 7.92. The van der Waals surface area contributed by atoms with Crippen LogP contribution in [0.2, 0.25) is 0 Å². The van der Waals surface area contributed by atoms with Crippen molar-refractivity contribution in [2.24, 2.45) is 0 Å². The van der Waals surface area contributed by atoms with Crippen LogP contribution in [0.25, 0.3) is 0 Å². The summed E-state index contributed by atoms with van der Waals surface area (Å²) in [4.78, 5) is 0. The van der Waals surface area contributed by atoms with Gasteiger partial charge in [0.15, 0.2) is 6.29 Å². The third-order valence-electron chi connectivity index (χ3n) is 3.41. The lowest BCUT2D eigenvalue weighted by Crippen LogP contribution is -2.26. The largest absolute Gasteiger partial charge is 0.409 e. The molecule has 5 nitrogen and oxygen atoms in total. The maximum Gasteiger partial charge on any atom is 0.157 e. The maximum atomic E-state index is 8.95. The number of ether oxygens (including phenoxy) is 2. The summed E-state index contributed by atoms with van der Waals surface area (Å²) < 4.78 is 18.9. The summed E-state index contributed by atoms with van der Waals surface area (Å²) in [5.41, 5.74) is 1.07. The summed E-state index contributed by atoms with van der Waals surface area (Å²) in [6.45, 7) is 2.35. The molecule has 1 aromatic rings. The van der Waals surface area contributed by atoms with Crippen molar-refractivity contribution in [2.45, 2.75) is 32.0 Å². The van der Waals surface area contributed by atoms with Gasteiger partial charge in [0.05, 0.1) is 6.61 Å². The standard InChI is InChI=1S/C16H25NO4S/c1-17(9-12-20-16-7-2-3-11-19-16)22-21-15-6-4-5-14(13-15)8-10-18/h4-6,13,16,18H,2-3,7-12H2,1H3. The normalized spacial score (nSPS) is 18.6. The van der Waals surface area contributed by atoms with Gasteiger partial charge in [-0.3, -0.25) is 0 Å². The third-order valence-corrected chi connectivity index (χ3v) is 4.11. The predicted octanol–water partition coefficient (Wildman–Crippen LogP) is 2.64. The van der Waals surface area contributed by atoms with Gasteiger partial charge in [0.25, 0.3) is 0 Å². The Labute approximate surface area is 136 Å². The van der Waals surface area contributed by atoms with Crippen molar-refractivity contribution >= 4 is 12.2 Å². The Morgan fingerprint density at radius 3 is 3.09 bits per heavy atom. The molecule has 1 aliphatic heterocycles. The molecule has 1 N–H and O–H groups in total. The lowest BCUT2D eigenvalue weighted by atomic mass is 10.1. The van der Waals surface area contributed by atoms with E-state index in [9.17, 15) is 0 Å². The Morgan fingerprint density at radius 2 is 2.32 bits per heavy atom. The van der Waals surface area contributed by atoms with E-state index in [1.165, 1.54) is 18.6 Å². The van der Waals surface area contributed by atoms with Gasteiger partial charge in [0.1, 0.15) is 18.0 Å². The van der Waals surface area contributed by atoms with Crippen molar-refractivity contribution in [3.05, 3.63) is 29.8 Å². The van der Waals surface area contributed by atoms with Crippen molar-refractivity contribution in [3.8, 4) is 5.75 Å². The molecule has 1 aromatic carbocycles. The van der Waals surface area contributed by atoms with Crippen molar-refractivity contribution in [2.75, 3.05) is 33.4 Å². The van der Waals surface area contributed by atoms with E-state index in [2.05, 4.69) is 0 Å². The van der Waals surface area contributed by atoms with E-state index in [0.29, 0.717) is 13.0 Å². The van der Waals surface area contributed by atoms with E-state index in [1.54, 1.807) is 0 Å². The van der Waals surface area contributed by atoms with E-state index < -0.39 is 0 Å². The molecule has 2 rings (SSSR count). The molecule has 1 atom stereocenters. The molecular weight excluding hydrogens is 302 g/mol. The molecular formula is C16H25NO4S. The highest BCUT2D eigenvalue weighted by atomic mass is 32.2. The van der Waals surface area contributed by atoms with E-state index in [1.807, 2.05) is 35.6 Å². The summed E-state index contributed by atoms with van der Waals surface area (Å²) in [7, 11) is 1.97. The zero-order valence-electron chi connectivity index (χ0n) is 13.1. The van der Waals surface area contributed by atoms with Gasteiger partial charge in [-0.1, -0.05) is 12.1 Å². The first-order valence-electron chi connectivity index (χ1n) is 7.76. The fourth-order valence-electron chi connectivity index (χ4n) is 2.18. The number of aliphatic hydroxyl groups is 1. The second kappa shape index (κ2) is 10.1. The first-order chi connectivity index (χ1) is 10.8. The Balaban J connectivity index is 1.62. The van der Waals surface area contributed by atoms with E-state index in [0.717, 1.165) is 37.3 Å². The van der Waals surface area contributed by atoms with Gasteiger partial charge in [-0.15, -0.1) is 0 Å². The Morgan fingerprint density at radius 1 is 1.41 bits per heavy atom. The molecule has 124 valence electrons. The van der Waals surface area contributed by atoms with Crippen LogP contribution in [0, 0.1) is 0 Å². The number of likely N-dealkylation sites (N-methyl/N-ethyl adjacent to an activating group) is 1. The highest BCUT2D eigenvalue weighted by Crippen LogP contribution is 2.20. The second-order valence-corrected chi connectivity index (χ2v) is 6.24. The van der Waals surface area contributed by atoms with E-state index in [-0.39, 0.29) is 12.9 Å². The summed E-state index contributed by atoms with van der Waals surface area (Å²) in [5.74, 6) is 0.791. The average molecular weight is 327 g/mol. The average Bonchev–Trinajstić information content (AvgIpc) is 2.55. The molecule has 0 saturated carbocycles. The number of aliphatic hydroxyl groups excluding tert-OH is 1. The summed E-state index contributed by atoms with van der Waals surface area (Å²) >= 11 is 1.29. The lowest BCUT2D eigenvalue weighted by Gasteiger charge is -2.23. The highest BCUT2D eigenvalue weighted by Gasteiger charge is 2.14. The van der Waals surface area contributed by atoms with Crippen molar-refractivity contribution in [1.82, 2.24) is 4.31 Å². The Hall–Kier alpha value is -0.790. The molecule has 0 bridgehead atoms. The second-order valence-electron chi connectivity index (χ2n) is 5.30. The Bertz CT molecular complexity index is 426. The van der Waals surface area contributed by atoms with Gasteiger partial charge in [0.2, 0.25) is 0 Å². The SMILES string of the molecule is CN(CCOC1CCCCO1)SOc1cccc(CCO)c1. The van der Waals surface area contributed by atoms with Crippen LogP contribution in [0.5, 0.6) is 5.75 Å². The number of benzene rings is 1. The van der Waals surface area contributed by atoms with Crippen LogP contribution < -0.4 is 4.18 Å². The topological polar surface area (TPSA) is 51.2 Å². The van der Waals surface area contributed by atoms with Gasteiger partial charge in [-0.2, -0.15) is 0 Å². The molecule has 0 amide bonds. The third kappa shape index (κ3) is 6.54. The van der Waals surface area contributed by atoms with E-state index in [4.69, 9.17) is 18.8 Å². The summed E-state index contributed by atoms with van der Waals surface area (Å²) in [6.07, 6.45) is 3.92. The molecule has 0 aliphatic carbocycles. The van der Waals surface area contributed by atoms with Crippen molar-refractivity contribution in [3.63, 3.8) is 0 Å². The van der Waals surface area contributed by atoms with Crippen LogP contribution in [0.15, 0.2) is 24.3 Å². The first-order valence-corrected chi connectivity index (χ1v) is 8.46. The van der Waals surface area contributed by atoms with Gasteiger partial charge in [-0.25, -0.2) is 4.31 Å². The van der Waals surface area contributed by atoms with Crippen LogP contribution in [-0.2, 0) is 15.9 Å². The summed E-state index contributed by atoms with van der Waals surface area (Å²) in [6, 6.07) is 7.78. The van der Waals surface area contributed by atoms with Gasteiger partial charge in [0, 0.05) is 26.8 Å². The van der Waals surface area contributed by atoms with Crippen LogP contribution in [0.1, 0.15) is 24.8 Å². The first kappa shape index (κ1) is 17.6. The van der Waals surface area contributed by atoms with E-state index >= 15 is 0 Å². The molecule has 6 heteroatoms. The number of rotatable bonds is 9. The molecule has 0 spiro atoms. The number of hydrogen-bond donors (Lipinski definition) is 1. The lowest BCUT2D eigenvalue weighted by molar-refractivity contribution is -0.162. The zero-order valence-corrected chi connectivity index (χ0v) is 13.9. The van der Waals surface area contributed by atoms with Gasteiger partial charge in [-0.05, 0) is 43.4 Å².